The molecule has 0 spiro atoms. The SMILES string of the molecule is COc1ccc(OB(F)F)c(/C([O-])=C/C=C2C=CC=C2)c1.[Fe+2].c1cc[cH-]c1. The average Bonchev–Trinajstić information content (AvgIpc) is 3.35. The van der Waals surface area contributed by atoms with E-state index < -0.39 is 13.2 Å². The fourth-order valence-corrected chi connectivity index (χ4v) is 2.11. The number of hydrogen-bond acceptors (Lipinski definition) is 3. The fraction of sp³-hybridized carbons (Fsp3) is 0.0500. The molecule has 7 heteroatoms. The number of benzene rings is 1. The minimum absolute atomic E-state index is 0. The van der Waals surface area contributed by atoms with Crippen LogP contribution in [0.25, 0.3) is 5.76 Å². The van der Waals surface area contributed by atoms with Crippen LogP contribution < -0.4 is 14.5 Å². The second-order valence-corrected chi connectivity index (χ2v) is 5.12. The summed E-state index contributed by atoms with van der Waals surface area (Å²) in [5.41, 5.74) is 0.875. The summed E-state index contributed by atoms with van der Waals surface area (Å²) < 4.78 is 34.1. The van der Waals surface area contributed by atoms with Gasteiger partial charge in [0.15, 0.2) is 0 Å². The van der Waals surface area contributed by atoms with E-state index in [1.165, 1.54) is 31.4 Å². The molecule has 0 atom stereocenters. The van der Waals surface area contributed by atoms with Crippen LogP contribution in [0.15, 0.2) is 90.6 Å². The maximum atomic E-state index is 12.4. The number of allylic oxidation sites excluding steroid dienone is 7. The molecule has 140 valence electrons. The van der Waals surface area contributed by atoms with E-state index in [4.69, 9.17) is 4.74 Å². The second-order valence-electron chi connectivity index (χ2n) is 5.12. The molecule has 1 aliphatic carbocycles. The van der Waals surface area contributed by atoms with Gasteiger partial charge in [-0.25, -0.2) is 20.8 Å². The van der Waals surface area contributed by atoms with E-state index in [0.717, 1.165) is 5.57 Å². The van der Waals surface area contributed by atoms with Crippen molar-refractivity contribution in [3.8, 4) is 11.5 Å². The molecule has 3 nitrogen and oxygen atoms in total. The molecule has 0 aliphatic heterocycles. The van der Waals surface area contributed by atoms with Crippen molar-refractivity contribution in [2.45, 2.75) is 0 Å². The van der Waals surface area contributed by atoms with E-state index in [0.29, 0.717) is 5.75 Å². The Kier molecular flexibility index (Phi) is 9.87. The van der Waals surface area contributed by atoms with Crippen LogP contribution in [0, 0.1) is 0 Å². The minimum Gasteiger partial charge on any atom is -0.872 e. The molecule has 0 saturated heterocycles. The monoisotopic (exact) mass is 410 g/mol. The molecule has 0 radical (unpaired) electrons. The summed E-state index contributed by atoms with van der Waals surface area (Å²) in [6.45, 7) is 0. The predicted molar refractivity (Wildman–Crippen MR) is 98.0 cm³/mol. The summed E-state index contributed by atoms with van der Waals surface area (Å²) in [5.74, 6) is -0.226. The number of halogens is 2. The van der Waals surface area contributed by atoms with Gasteiger partial charge < -0.3 is 14.5 Å². The van der Waals surface area contributed by atoms with E-state index in [1.54, 1.807) is 6.08 Å². The smallest absolute Gasteiger partial charge is 0.872 e. The maximum absolute atomic E-state index is 12.4. The first-order valence-electron chi connectivity index (χ1n) is 7.84. The molecule has 0 aromatic heterocycles. The summed E-state index contributed by atoms with van der Waals surface area (Å²) >= 11 is 0. The molecule has 3 rings (SSSR count). The van der Waals surface area contributed by atoms with Crippen LogP contribution in [0.5, 0.6) is 11.5 Å². The fourth-order valence-electron chi connectivity index (χ4n) is 2.11. The standard InChI is InChI=1S/C15H13BF2O3.C5H5.Fe/c1-20-12-7-9-15(21-16(17)18)13(10-12)14(19)8-6-11-4-2-3-5-11;1-2-4-5-3-1;/h2-10,19H,1H3;1-5H;/q;-1;+2/p-1/b14-8-;;. The van der Waals surface area contributed by atoms with Crippen LogP contribution in [0.1, 0.15) is 5.56 Å². The molecule has 0 fully saturated rings. The molecular weight excluding hydrogens is 393 g/mol. The van der Waals surface area contributed by atoms with Crippen LogP contribution in [-0.4, -0.2) is 14.6 Å². The topological polar surface area (TPSA) is 41.5 Å². The number of rotatable bonds is 5. The largest absolute Gasteiger partial charge is 2.00 e. The molecule has 27 heavy (non-hydrogen) atoms. The van der Waals surface area contributed by atoms with E-state index in [2.05, 4.69) is 4.65 Å². The van der Waals surface area contributed by atoms with Crippen molar-refractivity contribution in [3.05, 3.63) is 96.1 Å². The Morgan fingerprint density at radius 3 is 2.33 bits per heavy atom. The van der Waals surface area contributed by atoms with Gasteiger partial charge in [0.25, 0.3) is 0 Å². The summed E-state index contributed by atoms with van der Waals surface area (Å²) in [6, 6.07) is 14.1. The van der Waals surface area contributed by atoms with Gasteiger partial charge in [0.2, 0.25) is 0 Å². The van der Waals surface area contributed by atoms with Crippen LogP contribution in [-0.2, 0) is 17.1 Å². The van der Waals surface area contributed by atoms with Crippen molar-refractivity contribution in [2.75, 3.05) is 7.11 Å². The van der Waals surface area contributed by atoms with Gasteiger partial charge >= 0.3 is 24.5 Å². The first kappa shape index (κ1) is 22.4. The van der Waals surface area contributed by atoms with Gasteiger partial charge in [-0.1, -0.05) is 42.2 Å². The summed E-state index contributed by atoms with van der Waals surface area (Å²) in [4.78, 5) is 0. The van der Waals surface area contributed by atoms with Crippen molar-refractivity contribution in [1.82, 2.24) is 0 Å². The normalized spacial score (nSPS) is 12.0. The minimum atomic E-state index is -3.00. The van der Waals surface area contributed by atoms with Crippen molar-refractivity contribution in [1.29, 1.82) is 0 Å². The Balaban J connectivity index is 0.000000526. The Hall–Kier alpha value is -2.63. The van der Waals surface area contributed by atoms with Crippen molar-refractivity contribution in [3.63, 3.8) is 0 Å². The third kappa shape index (κ3) is 7.65. The average molecular weight is 410 g/mol. The summed E-state index contributed by atoms with van der Waals surface area (Å²) in [6.07, 6.45) is 10.2. The molecule has 1 aliphatic rings. The van der Waals surface area contributed by atoms with Gasteiger partial charge in [-0.05, 0) is 23.8 Å². The molecule has 2 aromatic carbocycles. The third-order valence-corrected chi connectivity index (χ3v) is 3.34. The van der Waals surface area contributed by atoms with Crippen molar-refractivity contribution < 1.29 is 40.2 Å². The van der Waals surface area contributed by atoms with Crippen LogP contribution >= 0.6 is 0 Å². The Bertz CT molecular complexity index is 781. The molecular formula is C20H17BF2FeO3. The van der Waals surface area contributed by atoms with Gasteiger partial charge in [-0.15, -0.1) is 0 Å². The van der Waals surface area contributed by atoms with Crippen LogP contribution in [0.3, 0.4) is 0 Å². The van der Waals surface area contributed by atoms with E-state index in [1.807, 2.05) is 54.6 Å². The van der Waals surface area contributed by atoms with Gasteiger partial charge in [0.05, 0.1) is 7.11 Å². The number of hydrogen-bond donors (Lipinski definition) is 0. The molecule has 0 amide bonds. The number of ether oxygens (including phenoxy) is 1. The van der Waals surface area contributed by atoms with Crippen molar-refractivity contribution >= 4 is 13.2 Å². The first-order valence-corrected chi connectivity index (χ1v) is 7.84. The van der Waals surface area contributed by atoms with Gasteiger partial charge in [-0.2, -0.15) is 18.2 Å². The first-order chi connectivity index (χ1) is 12.6. The van der Waals surface area contributed by atoms with Gasteiger partial charge in [0.1, 0.15) is 11.5 Å². The summed E-state index contributed by atoms with van der Waals surface area (Å²) in [7, 11) is -1.57. The second kappa shape index (κ2) is 11.9. The van der Waals surface area contributed by atoms with E-state index >= 15 is 0 Å². The molecule has 0 heterocycles. The molecule has 0 N–H and O–H groups in total. The Morgan fingerprint density at radius 2 is 1.81 bits per heavy atom. The summed E-state index contributed by atoms with van der Waals surface area (Å²) in [5, 5.41) is 12.1. The zero-order valence-corrected chi connectivity index (χ0v) is 15.6. The quantitative estimate of drug-likeness (QED) is 0.423. The van der Waals surface area contributed by atoms with Crippen LogP contribution in [0.4, 0.5) is 8.63 Å². The molecule has 2 aromatic rings. The third-order valence-electron chi connectivity index (χ3n) is 3.34. The molecule has 0 saturated carbocycles. The van der Waals surface area contributed by atoms with Crippen molar-refractivity contribution in [2.24, 2.45) is 0 Å². The van der Waals surface area contributed by atoms with Gasteiger partial charge in [-0.3, -0.25) is 0 Å². The Labute approximate surface area is 168 Å². The zero-order chi connectivity index (χ0) is 18.8. The maximum Gasteiger partial charge on any atom is 2.00 e. The van der Waals surface area contributed by atoms with Gasteiger partial charge in [0, 0.05) is 5.56 Å². The molecule has 0 unspecified atom stereocenters. The van der Waals surface area contributed by atoms with E-state index in [9.17, 15) is 13.7 Å². The van der Waals surface area contributed by atoms with E-state index in [-0.39, 0.29) is 28.4 Å². The molecule has 0 bridgehead atoms. The predicted octanol–water partition coefficient (Wildman–Crippen LogP) is 4.15. The van der Waals surface area contributed by atoms with Crippen LogP contribution in [0.2, 0.25) is 0 Å². The zero-order valence-electron chi connectivity index (χ0n) is 14.5. The Morgan fingerprint density at radius 1 is 1.15 bits per heavy atom. The number of methoxy groups -OCH3 is 1.